The van der Waals surface area contributed by atoms with Crippen LogP contribution >= 0.6 is 0 Å². The Labute approximate surface area is 61.6 Å². The molecule has 1 unspecified atom stereocenters. The summed E-state index contributed by atoms with van der Waals surface area (Å²) in [5.74, 6) is 0.489. The second kappa shape index (κ2) is 3.04. The van der Waals surface area contributed by atoms with Crippen LogP contribution in [0.5, 0.6) is 0 Å². The first-order chi connectivity index (χ1) is 4.70. The molecule has 1 atom stereocenters. The van der Waals surface area contributed by atoms with Gasteiger partial charge in [0.15, 0.2) is 0 Å². The molecule has 1 aliphatic carbocycles. The van der Waals surface area contributed by atoms with Crippen LogP contribution in [-0.4, -0.2) is 12.1 Å². The molecule has 0 saturated heterocycles. The molecule has 0 radical (unpaired) electrons. The number of carbonyl (C=O) groups is 1. The highest BCUT2D eigenvalue weighted by atomic mass is 16.5. The highest BCUT2D eigenvalue weighted by Crippen LogP contribution is 2.30. The van der Waals surface area contributed by atoms with E-state index >= 15 is 0 Å². The van der Waals surface area contributed by atoms with E-state index in [1.54, 1.807) is 0 Å². The molecule has 0 amide bonds. The fraction of sp³-hybridized carbons (Fsp3) is 0.875. The lowest BCUT2D eigenvalue weighted by atomic mass is 9.82. The molecule has 0 aromatic rings. The van der Waals surface area contributed by atoms with E-state index in [0.29, 0.717) is 5.92 Å². The van der Waals surface area contributed by atoms with Crippen LogP contribution in [0.4, 0.5) is 0 Å². The lowest BCUT2D eigenvalue weighted by molar-refractivity contribution is -0.149. The van der Waals surface area contributed by atoms with Crippen molar-refractivity contribution in [3.05, 3.63) is 0 Å². The summed E-state index contributed by atoms with van der Waals surface area (Å²) < 4.78 is 5.02. The summed E-state index contributed by atoms with van der Waals surface area (Å²) in [7, 11) is 0. The van der Waals surface area contributed by atoms with Gasteiger partial charge in [0.25, 0.3) is 0 Å². The maximum absolute atomic E-state index is 10.5. The fourth-order valence-electron chi connectivity index (χ4n) is 1.27. The predicted molar refractivity (Wildman–Crippen MR) is 38.6 cm³/mol. The second-order valence-corrected chi connectivity index (χ2v) is 3.01. The van der Waals surface area contributed by atoms with Crippen molar-refractivity contribution in [1.29, 1.82) is 0 Å². The number of ether oxygens (including phenoxy) is 1. The highest BCUT2D eigenvalue weighted by molar-refractivity contribution is 5.66. The molecular weight excluding hydrogens is 128 g/mol. The average molecular weight is 142 g/mol. The molecule has 0 heterocycles. The van der Waals surface area contributed by atoms with Crippen molar-refractivity contribution in [3.63, 3.8) is 0 Å². The summed E-state index contributed by atoms with van der Waals surface area (Å²) in [4.78, 5) is 10.5. The summed E-state index contributed by atoms with van der Waals surface area (Å²) in [5.41, 5.74) is 0. The van der Waals surface area contributed by atoms with E-state index < -0.39 is 0 Å². The van der Waals surface area contributed by atoms with E-state index in [1.165, 1.54) is 26.2 Å². The number of rotatable bonds is 2. The third-order valence-electron chi connectivity index (χ3n) is 2.17. The Kier molecular flexibility index (Phi) is 2.30. The predicted octanol–water partition coefficient (Wildman–Crippen LogP) is 1.74. The summed E-state index contributed by atoms with van der Waals surface area (Å²) >= 11 is 0. The molecule has 0 spiro atoms. The minimum Gasteiger partial charge on any atom is -0.463 e. The van der Waals surface area contributed by atoms with Gasteiger partial charge in [-0.15, -0.1) is 0 Å². The molecule has 0 N–H and O–H groups in total. The molecule has 1 saturated carbocycles. The second-order valence-electron chi connectivity index (χ2n) is 3.01. The number of esters is 1. The number of hydrogen-bond acceptors (Lipinski definition) is 2. The first kappa shape index (κ1) is 7.58. The topological polar surface area (TPSA) is 26.3 Å². The lowest BCUT2D eigenvalue weighted by Gasteiger charge is -2.30. The fourth-order valence-corrected chi connectivity index (χ4v) is 1.27. The third-order valence-corrected chi connectivity index (χ3v) is 2.17. The third kappa shape index (κ3) is 1.72. The Hall–Kier alpha value is -0.530. The van der Waals surface area contributed by atoms with E-state index in [2.05, 4.69) is 0 Å². The van der Waals surface area contributed by atoms with Gasteiger partial charge in [0.1, 0.15) is 6.10 Å². The SMILES string of the molecule is CC(=O)OC(C)C1CCC1. The van der Waals surface area contributed by atoms with Crippen LogP contribution in [0.25, 0.3) is 0 Å². The molecule has 0 aromatic carbocycles. The van der Waals surface area contributed by atoms with Crippen molar-refractivity contribution < 1.29 is 9.53 Å². The van der Waals surface area contributed by atoms with E-state index in [9.17, 15) is 4.79 Å². The van der Waals surface area contributed by atoms with Crippen LogP contribution in [0.3, 0.4) is 0 Å². The van der Waals surface area contributed by atoms with E-state index in [0.717, 1.165) is 0 Å². The van der Waals surface area contributed by atoms with Crippen molar-refractivity contribution in [3.8, 4) is 0 Å². The van der Waals surface area contributed by atoms with Gasteiger partial charge in [0.2, 0.25) is 0 Å². The zero-order chi connectivity index (χ0) is 7.56. The smallest absolute Gasteiger partial charge is 0.302 e. The Morgan fingerprint density at radius 3 is 2.50 bits per heavy atom. The molecule has 0 bridgehead atoms. The minimum atomic E-state index is -0.153. The van der Waals surface area contributed by atoms with Crippen LogP contribution in [0.2, 0.25) is 0 Å². The first-order valence-electron chi connectivity index (χ1n) is 3.87. The van der Waals surface area contributed by atoms with Gasteiger partial charge in [0, 0.05) is 6.92 Å². The van der Waals surface area contributed by atoms with Crippen LogP contribution in [0, 0.1) is 5.92 Å². The molecule has 0 aliphatic heterocycles. The maximum Gasteiger partial charge on any atom is 0.302 e. The van der Waals surface area contributed by atoms with Gasteiger partial charge in [-0.25, -0.2) is 0 Å². The molecule has 10 heavy (non-hydrogen) atoms. The van der Waals surface area contributed by atoms with Gasteiger partial charge in [-0.05, 0) is 25.7 Å². The van der Waals surface area contributed by atoms with E-state index in [1.807, 2.05) is 6.92 Å². The normalized spacial score (nSPS) is 21.4. The highest BCUT2D eigenvalue weighted by Gasteiger charge is 2.25. The quantitative estimate of drug-likeness (QED) is 0.549. The number of carbonyl (C=O) groups excluding carboxylic acids is 1. The van der Waals surface area contributed by atoms with Crippen molar-refractivity contribution >= 4 is 5.97 Å². The van der Waals surface area contributed by atoms with Gasteiger partial charge >= 0.3 is 5.97 Å². The van der Waals surface area contributed by atoms with Crippen LogP contribution in [-0.2, 0) is 9.53 Å². The van der Waals surface area contributed by atoms with Crippen LogP contribution in [0.15, 0.2) is 0 Å². The summed E-state index contributed by atoms with van der Waals surface area (Å²) in [6.07, 6.45) is 3.91. The molecular formula is C8H14O2. The van der Waals surface area contributed by atoms with Crippen LogP contribution < -0.4 is 0 Å². The summed E-state index contributed by atoms with van der Waals surface area (Å²) in [5, 5.41) is 0. The van der Waals surface area contributed by atoms with E-state index in [4.69, 9.17) is 4.74 Å². The number of hydrogen-bond donors (Lipinski definition) is 0. The average Bonchev–Trinajstić information content (AvgIpc) is 1.55. The molecule has 2 heteroatoms. The lowest BCUT2D eigenvalue weighted by Crippen LogP contribution is -2.28. The van der Waals surface area contributed by atoms with Gasteiger partial charge < -0.3 is 4.74 Å². The zero-order valence-corrected chi connectivity index (χ0v) is 6.59. The van der Waals surface area contributed by atoms with Crippen molar-refractivity contribution in [1.82, 2.24) is 0 Å². The molecule has 1 fully saturated rings. The van der Waals surface area contributed by atoms with E-state index in [-0.39, 0.29) is 12.1 Å². The standard InChI is InChI=1S/C8H14O2/c1-6(10-7(2)9)8-4-3-5-8/h6,8H,3-5H2,1-2H3. The van der Waals surface area contributed by atoms with Crippen molar-refractivity contribution in [2.75, 3.05) is 0 Å². The van der Waals surface area contributed by atoms with Crippen LogP contribution in [0.1, 0.15) is 33.1 Å². The Morgan fingerprint density at radius 1 is 1.60 bits per heavy atom. The van der Waals surface area contributed by atoms with Crippen molar-refractivity contribution in [2.45, 2.75) is 39.2 Å². The molecule has 1 aliphatic rings. The molecule has 1 rings (SSSR count). The van der Waals surface area contributed by atoms with Crippen molar-refractivity contribution in [2.24, 2.45) is 5.92 Å². The minimum absolute atomic E-state index is 0.145. The van der Waals surface area contributed by atoms with Gasteiger partial charge in [-0.1, -0.05) is 6.42 Å². The zero-order valence-electron chi connectivity index (χ0n) is 6.59. The molecule has 2 nitrogen and oxygen atoms in total. The molecule has 58 valence electrons. The Bertz CT molecular complexity index is 127. The monoisotopic (exact) mass is 142 g/mol. The first-order valence-corrected chi connectivity index (χ1v) is 3.87. The molecule has 0 aromatic heterocycles. The van der Waals surface area contributed by atoms with Gasteiger partial charge in [0.05, 0.1) is 0 Å². The largest absolute Gasteiger partial charge is 0.463 e. The summed E-state index contributed by atoms with van der Waals surface area (Å²) in [6, 6.07) is 0. The maximum atomic E-state index is 10.5. The summed E-state index contributed by atoms with van der Waals surface area (Å²) in [6.45, 7) is 3.44. The van der Waals surface area contributed by atoms with Gasteiger partial charge in [-0.2, -0.15) is 0 Å². The Morgan fingerprint density at radius 2 is 2.20 bits per heavy atom. The van der Waals surface area contributed by atoms with Gasteiger partial charge in [-0.3, -0.25) is 4.79 Å². The Balaban J connectivity index is 2.19.